The molecule has 0 aliphatic heterocycles. The Labute approximate surface area is 132 Å². The SMILES string of the molecule is CC(NC(=O)/C=C/c1ccccn1)C(O)c1ccc(F)c(F)c1. The van der Waals surface area contributed by atoms with Gasteiger partial charge in [0.1, 0.15) is 0 Å². The molecule has 23 heavy (non-hydrogen) atoms. The summed E-state index contributed by atoms with van der Waals surface area (Å²) < 4.78 is 26.1. The standard InChI is InChI=1S/C17H16F2N2O2/c1-11(17(23)12-5-7-14(18)15(19)10-12)21-16(22)8-6-13-4-2-3-9-20-13/h2-11,17,23H,1H3,(H,21,22)/b8-6+. The Hall–Kier alpha value is -2.60. The molecule has 0 saturated heterocycles. The predicted octanol–water partition coefficient (Wildman–Crippen LogP) is 2.61. The summed E-state index contributed by atoms with van der Waals surface area (Å²) in [6.07, 6.45) is 3.27. The molecule has 1 aromatic carbocycles. The first-order valence-corrected chi connectivity index (χ1v) is 7.00. The maximum Gasteiger partial charge on any atom is 0.244 e. The number of hydrogen-bond donors (Lipinski definition) is 2. The fourth-order valence-corrected chi connectivity index (χ4v) is 1.97. The van der Waals surface area contributed by atoms with E-state index in [9.17, 15) is 18.7 Å². The van der Waals surface area contributed by atoms with Gasteiger partial charge in [-0.05, 0) is 42.8 Å². The fraction of sp³-hybridized carbons (Fsp3) is 0.176. The van der Waals surface area contributed by atoms with Crippen molar-refractivity contribution in [2.24, 2.45) is 0 Å². The number of amides is 1. The van der Waals surface area contributed by atoms with Gasteiger partial charge in [-0.15, -0.1) is 0 Å². The van der Waals surface area contributed by atoms with Gasteiger partial charge in [-0.2, -0.15) is 0 Å². The summed E-state index contributed by atoms with van der Waals surface area (Å²) in [4.78, 5) is 15.8. The molecule has 2 N–H and O–H groups in total. The molecule has 0 saturated carbocycles. The van der Waals surface area contributed by atoms with Crippen LogP contribution in [-0.2, 0) is 4.79 Å². The highest BCUT2D eigenvalue weighted by Crippen LogP contribution is 2.19. The van der Waals surface area contributed by atoms with Crippen molar-refractivity contribution in [1.82, 2.24) is 10.3 Å². The summed E-state index contributed by atoms with van der Waals surface area (Å²) in [7, 11) is 0. The number of pyridine rings is 1. The number of rotatable bonds is 5. The molecular formula is C17H16F2N2O2. The molecule has 2 rings (SSSR count). The molecule has 6 heteroatoms. The Balaban J connectivity index is 1.97. The number of hydrogen-bond acceptors (Lipinski definition) is 3. The monoisotopic (exact) mass is 318 g/mol. The van der Waals surface area contributed by atoms with Gasteiger partial charge in [0.15, 0.2) is 11.6 Å². The number of aliphatic hydroxyl groups excluding tert-OH is 1. The van der Waals surface area contributed by atoms with Crippen LogP contribution in [-0.4, -0.2) is 22.0 Å². The van der Waals surface area contributed by atoms with Crippen molar-refractivity contribution in [2.45, 2.75) is 19.1 Å². The number of nitrogens with zero attached hydrogens (tertiary/aromatic N) is 1. The van der Waals surface area contributed by atoms with Crippen LogP contribution in [0.4, 0.5) is 8.78 Å². The summed E-state index contributed by atoms with van der Waals surface area (Å²) in [5.41, 5.74) is 0.807. The third-order valence-electron chi connectivity index (χ3n) is 3.22. The fourth-order valence-electron chi connectivity index (χ4n) is 1.97. The minimum atomic E-state index is -1.16. The Morgan fingerprint density at radius 2 is 2.04 bits per heavy atom. The van der Waals surface area contributed by atoms with Gasteiger partial charge in [0.2, 0.25) is 5.91 Å². The van der Waals surface area contributed by atoms with Crippen molar-refractivity contribution in [3.8, 4) is 0 Å². The Morgan fingerprint density at radius 1 is 1.26 bits per heavy atom. The molecule has 2 aromatic rings. The van der Waals surface area contributed by atoms with Crippen LogP contribution in [0.25, 0.3) is 6.08 Å². The second kappa shape index (κ2) is 7.60. The Bertz CT molecular complexity index is 705. The lowest BCUT2D eigenvalue weighted by atomic mass is 10.0. The topological polar surface area (TPSA) is 62.2 Å². The van der Waals surface area contributed by atoms with Crippen LogP contribution in [0, 0.1) is 11.6 Å². The summed E-state index contributed by atoms with van der Waals surface area (Å²) in [5.74, 6) is -2.46. The van der Waals surface area contributed by atoms with Gasteiger partial charge >= 0.3 is 0 Å². The first kappa shape index (κ1) is 16.8. The highest BCUT2D eigenvalue weighted by atomic mass is 19.2. The van der Waals surface area contributed by atoms with Crippen LogP contribution in [0.1, 0.15) is 24.3 Å². The zero-order valence-electron chi connectivity index (χ0n) is 12.4. The highest BCUT2D eigenvalue weighted by molar-refractivity contribution is 5.91. The average Bonchev–Trinajstić information content (AvgIpc) is 2.55. The molecule has 0 radical (unpaired) electrons. The highest BCUT2D eigenvalue weighted by Gasteiger charge is 2.19. The Morgan fingerprint density at radius 3 is 2.70 bits per heavy atom. The van der Waals surface area contributed by atoms with Crippen molar-refractivity contribution >= 4 is 12.0 Å². The van der Waals surface area contributed by atoms with Crippen molar-refractivity contribution < 1.29 is 18.7 Å². The van der Waals surface area contributed by atoms with Crippen molar-refractivity contribution in [2.75, 3.05) is 0 Å². The molecule has 1 amide bonds. The van der Waals surface area contributed by atoms with Crippen molar-refractivity contribution in [1.29, 1.82) is 0 Å². The van der Waals surface area contributed by atoms with Gasteiger partial charge in [0.05, 0.1) is 17.8 Å². The number of aromatic nitrogens is 1. The molecule has 1 heterocycles. The van der Waals surface area contributed by atoms with Crippen molar-refractivity contribution in [3.05, 3.63) is 71.6 Å². The maximum absolute atomic E-state index is 13.2. The van der Waals surface area contributed by atoms with Crippen LogP contribution in [0.5, 0.6) is 0 Å². The van der Waals surface area contributed by atoms with Crippen molar-refractivity contribution in [3.63, 3.8) is 0 Å². The summed E-state index contributed by atoms with van der Waals surface area (Å²) in [6, 6.07) is 7.73. The molecule has 4 nitrogen and oxygen atoms in total. The van der Waals surface area contributed by atoms with E-state index in [1.165, 1.54) is 18.2 Å². The summed E-state index contributed by atoms with van der Waals surface area (Å²) in [5, 5.41) is 12.7. The normalized spacial score (nSPS) is 13.7. The molecule has 120 valence electrons. The molecule has 0 fully saturated rings. The van der Waals surface area contributed by atoms with E-state index in [0.29, 0.717) is 5.69 Å². The molecule has 0 bridgehead atoms. The number of carbonyl (C=O) groups is 1. The van der Waals surface area contributed by atoms with Crippen LogP contribution >= 0.6 is 0 Å². The lowest BCUT2D eigenvalue weighted by molar-refractivity contribution is -0.117. The van der Waals surface area contributed by atoms with E-state index in [1.54, 1.807) is 31.3 Å². The smallest absolute Gasteiger partial charge is 0.244 e. The first-order valence-electron chi connectivity index (χ1n) is 7.00. The molecular weight excluding hydrogens is 302 g/mol. The van der Waals surface area contributed by atoms with E-state index in [1.807, 2.05) is 0 Å². The van der Waals surface area contributed by atoms with E-state index in [2.05, 4.69) is 10.3 Å². The van der Waals surface area contributed by atoms with Gasteiger partial charge in [-0.1, -0.05) is 12.1 Å². The predicted molar refractivity (Wildman–Crippen MR) is 82.2 cm³/mol. The van der Waals surface area contributed by atoms with E-state index in [-0.39, 0.29) is 5.56 Å². The molecule has 1 aromatic heterocycles. The molecule has 0 aliphatic carbocycles. The third kappa shape index (κ3) is 4.69. The second-order valence-corrected chi connectivity index (χ2v) is 5.00. The lowest BCUT2D eigenvalue weighted by Crippen LogP contribution is -2.36. The first-order chi connectivity index (χ1) is 11.0. The number of halogens is 2. The molecule has 0 spiro atoms. The minimum Gasteiger partial charge on any atom is -0.386 e. The van der Waals surface area contributed by atoms with Gasteiger partial charge in [0.25, 0.3) is 0 Å². The van der Waals surface area contributed by atoms with Gasteiger partial charge in [0, 0.05) is 12.3 Å². The number of nitrogens with one attached hydrogen (secondary N) is 1. The summed E-state index contributed by atoms with van der Waals surface area (Å²) >= 11 is 0. The number of benzene rings is 1. The average molecular weight is 318 g/mol. The Kier molecular flexibility index (Phi) is 5.54. The molecule has 2 unspecified atom stereocenters. The van der Waals surface area contributed by atoms with Crippen LogP contribution < -0.4 is 5.32 Å². The molecule has 0 aliphatic rings. The van der Waals surface area contributed by atoms with Gasteiger partial charge in [-0.25, -0.2) is 8.78 Å². The second-order valence-electron chi connectivity index (χ2n) is 5.00. The van der Waals surface area contributed by atoms with Crippen LogP contribution in [0.2, 0.25) is 0 Å². The zero-order chi connectivity index (χ0) is 16.8. The van der Waals surface area contributed by atoms with E-state index < -0.39 is 29.7 Å². The third-order valence-corrected chi connectivity index (χ3v) is 3.22. The van der Waals surface area contributed by atoms with Gasteiger partial charge < -0.3 is 10.4 Å². The van der Waals surface area contributed by atoms with Crippen LogP contribution in [0.3, 0.4) is 0 Å². The number of aliphatic hydroxyl groups is 1. The van der Waals surface area contributed by atoms with E-state index in [4.69, 9.17) is 0 Å². The largest absolute Gasteiger partial charge is 0.386 e. The van der Waals surface area contributed by atoms with E-state index in [0.717, 1.165) is 12.1 Å². The maximum atomic E-state index is 13.2. The lowest BCUT2D eigenvalue weighted by Gasteiger charge is -2.20. The zero-order valence-corrected chi connectivity index (χ0v) is 12.4. The molecule has 2 atom stereocenters. The van der Waals surface area contributed by atoms with Crippen LogP contribution in [0.15, 0.2) is 48.7 Å². The quantitative estimate of drug-likeness (QED) is 0.833. The minimum absolute atomic E-state index is 0.186. The number of carbonyl (C=O) groups excluding carboxylic acids is 1. The van der Waals surface area contributed by atoms with Gasteiger partial charge in [-0.3, -0.25) is 9.78 Å². The summed E-state index contributed by atoms with van der Waals surface area (Å²) in [6.45, 7) is 1.57. The van der Waals surface area contributed by atoms with E-state index >= 15 is 0 Å².